The van der Waals surface area contributed by atoms with Crippen LogP contribution in [-0.2, 0) is 20.1 Å². The van der Waals surface area contributed by atoms with Crippen molar-refractivity contribution in [2.75, 3.05) is 0 Å². The minimum Gasteiger partial charge on any atom is -0.486 e. The van der Waals surface area contributed by atoms with Crippen molar-refractivity contribution in [3.8, 4) is 5.75 Å². The summed E-state index contributed by atoms with van der Waals surface area (Å²) in [7, 11) is 1.88. The lowest BCUT2D eigenvalue weighted by atomic mass is 10.2. The van der Waals surface area contributed by atoms with Crippen LogP contribution >= 0.6 is 39.7 Å². The lowest BCUT2D eigenvalue weighted by Crippen LogP contribution is -2.12. The van der Waals surface area contributed by atoms with E-state index in [1.165, 1.54) is 0 Å². The molecule has 0 bridgehead atoms. The van der Waals surface area contributed by atoms with E-state index in [0.29, 0.717) is 22.9 Å². The Balaban J connectivity index is 2.26. The summed E-state index contributed by atoms with van der Waals surface area (Å²) in [5, 5.41) is 5.00. The summed E-state index contributed by atoms with van der Waals surface area (Å²) in [6.45, 7) is 2.40. The van der Waals surface area contributed by atoms with Crippen molar-refractivity contribution >= 4 is 44.7 Å². The third-order valence-corrected chi connectivity index (χ3v) is 4.45. The van der Waals surface area contributed by atoms with Gasteiger partial charge in [0.05, 0.1) is 21.4 Å². The Bertz CT molecular complexity index is 687. The summed E-state index contributed by atoms with van der Waals surface area (Å²) in [4.78, 5) is 0.278. The highest BCUT2D eigenvalue weighted by Crippen LogP contribution is 2.27. The Morgan fingerprint density at radius 3 is 2.81 bits per heavy atom. The Labute approximate surface area is 142 Å². The zero-order valence-corrected chi connectivity index (χ0v) is 14.8. The second-order valence-electron chi connectivity index (χ2n) is 4.48. The fraction of sp³-hybridized carbons (Fsp3) is 0.286. The van der Waals surface area contributed by atoms with E-state index < -0.39 is 0 Å². The second-order valence-corrected chi connectivity index (χ2v) is 6.15. The molecule has 0 fully saturated rings. The van der Waals surface area contributed by atoms with Gasteiger partial charge in [-0.25, -0.2) is 0 Å². The van der Waals surface area contributed by atoms with Crippen LogP contribution in [0.4, 0.5) is 0 Å². The van der Waals surface area contributed by atoms with Crippen molar-refractivity contribution in [2.45, 2.75) is 20.0 Å². The fourth-order valence-corrected chi connectivity index (χ4v) is 3.00. The van der Waals surface area contributed by atoms with Crippen molar-refractivity contribution in [1.82, 2.24) is 9.78 Å². The van der Waals surface area contributed by atoms with E-state index in [9.17, 15) is 0 Å². The van der Waals surface area contributed by atoms with Gasteiger partial charge in [-0.3, -0.25) is 4.68 Å². The van der Waals surface area contributed by atoms with E-state index in [1.54, 1.807) is 22.9 Å². The molecule has 1 aromatic heterocycles. The second kappa shape index (κ2) is 6.77. The molecule has 21 heavy (non-hydrogen) atoms. The van der Waals surface area contributed by atoms with E-state index in [1.807, 2.05) is 7.05 Å². The normalized spacial score (nSPS) is 10.7. The van der Waals surface area contributed by atoms with E-state index in [4.69, 9.17) is 34.3 Å². The predicted octanol–water partition coefficient (Wildman–Crippen LogP) is 3.61. The van der Waals surface area contributed by atoms with Crippen LogP contribution in [0.2, 0.25) is 5.02 Å². The van der Waals surface area contributed by atoms with Crippen LogP contribution in [-0.4, -0.2) is 14.8 Å². The zero-order valence-electron chi connectivity index (χ0n) is 11.7. The number of nitrogens with two attached hydrogens (primary N) is 1. The number of aromatic nitrogens is 2. The summed E-state index contributed by atoms with van der Waals surface area (Å²) in [6.07, 6.45) is 0.851. The first-order valence-electron chi connectivity index (χ1n) is 6.36. The standard InChI is InChI=1S/C14H15BrClN3OS/c1-3-10-13(15)11(19(2)18-10)7-20-12-6-8(16)4-5-9(12)14(17)21/h4-6H,3,7H2,1-2H3,(H2,17,21). The number of nitrogens with zero attached hydrogens (tertiary/aromatic N) is 2. The van der Waals surface area contributed by atoms with Crippen molar-refractivity contribution in [2.24, 2.45) is 12.8 Å². The van der Waals surface area contributed by atoms with Crippen LogP contribution in [0.5, 0.6) is 5.75 Å². The number of aryl methyl sites for hydroxylation is 2. The Morgan fingerprint density at radius 1 is 1.52 bits per heavy atom. The molecule has 0 unspecified atom stereocenters. The van der Waals surface area contributed by atoms with Crippen molar-refractivity contribution < 1.29 is 4.74 Å². The fourth-order valence-electron chi connectivity index (χ4n) is 1.94. The van der Waals surface area contributed by atoms with Gasteiger partial charge in [0.25, 0.3) is 0 Å². The van der Waals surface area contributed by atoms with Crippen molar-refractivity contribution in [3.05, 3.63) is 44.6 Å². The van der Waals surface area contributed by atoms with Gasteiger partial charge >= 0.3 is 0 Å². The van der Waals surface area contributed by atoms with Crippen molar-refractivity contribution in [1.29, 1.82) is 0 Å². The largest absolute Gasteiger partial charge is 0.486 e. The molecule has 0 radical (unpaired) electrons. The molecule has 2 aromatic rings. The number of halogens is 2. The predicted molar refractivity (Wildman–Crippen MR) is 92.0 cm³/mol. The first-order chi connectivity index (χ1) is 9.93. The number of hydrogen-bond donors (Lipinski definition) is 1. The third-order valence-electron chi connectivity index (χ3n) is 3.08. The Morgan fingerprint density at radius 2 is 2.24 bits per heavy atom. The van der Waals surface area contributed by atoms with Crippen molar-refractivity contribution in [3.63, 3.8) is 0 Å². The molecule has 0 atom stereocenters. The van der Waals surface area contributed by atoms with Gasteiger partial charge in [-0.1, -0.05) is 30.7 Å². The maximum atomic E-state index is 6.00. The Kier molecular flexibility index (Phi) is 5.24. The van der Waals surface area contributed by atoms with Crippen LogP contribution in [0, 0.1) is 0 Å². The molecule has 2 rings (SSSR count). The van der Waals surface area contributed by atoms with E-state index in [2.05, 4.69) is 28.0 Å². The van der Waals surface area contributed by atoms with Crippen LogP contribution in [0.3, 0.4) is 0 Å². The summed E-state index contributed by atoms with van der Waals surface area (Å²) in [5.41, 5.74) is 8.31. The molecule has 0 aliphatic heterocycles. The number of hydrogen-bond acceptors (Lipinski definition) is 3. The molecule has 1 heterocycles. The molecular weight excluding hydrogens is 374 g/mol. The summed E-state index contributed by atoms with van der Waals surface area (Å²) < 4.78 is 8.61. The molecule has 112 valence electrons. The molecule has 2 N–H and O–H groups in total. The molecule has 4 nitrogen and oxygen atoms in total. The zero-order chi connectivity index (χ0) is 15.6. The summed E-state index contributed by atoms with van der Waals surface area (Å²) in [6, 6.07) is 5.20. The molecule has 0 amide bonds. The maximum absolute atomic E-state index is 6.00. The average molecular weight is 389 g/mol. The van der Waals surface area contributed by atoms with Gasteiger partial charge in [0, 0.05) is 12.1 Å². The monoisotopic (exact) mass is 387 g/mol. The lowest BCUT2D eigenvalue weighted by Gasteiger charge is -2.11. The molecule has 0 spiro atoms. The lowest BCUT2D eigenvalue weighted by molar-refractivity contribution is 0.293. The van der Waals surface area contributed by atoms with Crippen LogP contribution in [0.1, 0.15) is 23.9 Å². The molecule has 7 heteroatoms. The van der Waals surface area contributed by atoms with Crippen LogP contribution in [0.15, 0.2) is 22.7 Å². The minimum absolute atomic E-state index is 0.278. The van der Waals surface area contributed by atoms with E-state index in [-0.39, 0.29) is 4.99 Å². The van der Waals surface area contributed by atoms with Crippen LogP contribution < -0.4 is 10.5 Å². The van der Waals surface area contributed by atoms with Gasteiger partial charge in [-0.15, -0.1) is 0 Å². The molecular formula is C14H15BrClN3OS. The molecule has 0 saturated carbocycles. The smallest absolute Gasteiger partial charge is 0.131 e. The third kappa shape index (κ3) is 3.56. The molecule has 1 aromatic carbocycles. The number of ether oxygens (including phenoxy) is 1. The SMILES string of the molecule is CCc1nn(C)c(COc2cc(Cl)ccc2C(N)=S)c1Br. The van der Waals surface area contributed by atoms with Gasteiger partial charge in [-0.05, 0) is 40.5 Å². The molecule has 0 aliphatic rings. The number of thiocarbonyl (C=S) groups is 1. The first-order valence-corrected chi connectivity index (χ1v) is 7.94. The quantitative estimate of drug-likeness (QED) is 0.795. The van der Waals surface area contributed by atoms with Crippen LogP contribution in [0.25, 0.3) is 0 Å². The first kappa shape index (κ1) is 16.3. The highest BCUT2D eigenvalue weighted by molar-refractivity contribution is 9.10. The maximum Gasteiger partial charge on any atom is 0.131 e. The average Bonchev–Trinajstić information content (AvgIpc) is 2.71. The highest BCUT2D eigenvalue weighted by atomic mass is 79.9. The van der Waals surface area contributed by atoms with Gasteiger partial charge in [0.2, 0.25) is 0 Å². The highest BCUT2D eigenvalue weighted by Gasteiger charge is 2.14. The summed E-state index contributed by atoms with van der Waals surface area (Å²) in [5.74, 6) is 0.571. The van der Waals surface area contributed by atoms with Gasteiger partial charge in [0.1, 0.15) is 17.3 Å². The Hall–Kier alpha value is -1.11. The van der Waals surface area contributed by atoms with Gasteiger partial charge < -0.3 is 10.5 Å². The number of benzene rings is 1. The molecule has 0 saturated heterocycles. The van der Waals surface area contributed by atoms with Gasteiger partial charge in [-0.2, -0.15) is 5.10 Å². The van der Waals surface area contributed by atoms with Gasteiger partial charge in [0.15, 0.2) is 0 Å². The van der Waals surface area contributed by atoms with E-state index >= 15 is 0 Å². The summed E-state index contributed by atoms with van der Waals surface area (Å²) >= 11 is 14.6. The van der Waals surface area contributed by atoms with E-state index in [0.717, 1.165) is 22.3 Å². The topological polar surface area (TPSA) is 53.1 Å². The molecule has 0 aliphatic carbocycles. The minimum atomic E-state index is 0.278. The number of rotatable bonds is 5.